The Balaban J connectivity index is 1.58. The van der Waals surface area contributed by atoms with Crippen molar-refractivity contribution in [2.45, 2.75) is 62.9 Å². The van der Waals surface area contributed by atoms with E-state index in [1.54, 1.807) is 6.26 Å². The summed E-state index contributed by atoms with van der Waals surface area (Å²) in [5, 5.41) is 2.92. The number of nitrogens with one attached hydrogen (secondary N) is 1. The third-order valence-electron chi connectivity index (χ3n) is 4.68. The van der Waals surface area contributed by atoms with Crippen molar-refractivity contribution in [2.24, 2.45) is 0 Å². The molecular weight excluding hydrogens is 352 g/mol. The summed E-state index contributed by atoms with van der Waals surface area (Å²) in [5.41, 5.74) is 2.01. The van der Waals surface area contributed by atoms with Crippen molar-refractivity contribution in [3.05, 3.63) is 29.3 Å². The van der Waals surface area contributed by atoms with Gasteiger partial charge in [0.25, 0.3) is 0 Å². The Kier molecular flexibility index (Phi) is 5.81. The summed E-state index contributed by atoms with van der Waals surface area (Å²) >= 11 is -0.963. The van der Waals surface area contributed by atoms with Crippen LogP contribution in [0.5, 0.6) is 0 Å². The van der Waals surface area contributed by atoms with Gasteiger partial charge < -0.3 is 19.3 Å². The predicted octanol–water partition coefficient (Wildman–Crippen LogP) is 2.42. The number of benzene rings is 1. The summed E-state index contributed by atoms with van der Waals surface area (Å²) in [6, 6.07) is 6.26. The number of nitrogens with zero attached hydrogens (tertiary/aromatic N) is 1. The average Bonchev–Trinajstić information content (AvgIpc) is 2.96. The number of ether oxygens (including phenoxy) is 2. The highest BCUT2D eigenvalue weighted by atomic mass is 32.2. The van der Waals surface area contributed by atoms with Crippen LogP contribution >= 0.6 is 0 Å². The molecule has 0 spiro atoms. The predicted molar refractivity (Wildman–Crippen MR) is 100 cm³/mol. The quantitative estimate of drug-likeness (QED) is 0.815. The lowest BCUT2D eigenvalue weighted by Gasteiger charge is -2.35. The first-order valence-electron chi connectivity index (χ1n) is 8.98. The molecule has 3 rings (SSSR count). The van der Waals surface area contributed by atoms with Crippen LogP contribution < -0.4 is 5.32 Å². The lowest BCUT2D eigenvalue weighted by atomic mass is 10.0. The summed E-state index contributed by atoms with van der Waals surface area (Å²) in [5.74, 6) is 0. The molecule has 1 fully saturated rings. The molecule has 3 unspecified atom stereocenters. The van der Waals surface area contributed by atoms with E-state index in [2.05, 4.69) is 16.3 Å². The molecule has 0 aliphatic carbocycles. The molecule has 1 amide bonds. The van der Waals surface area contributed by atoms with Gasteiger partial charge in [0, 0.05) is 19.1 Å². The van der Waals surface area contributed by atoms with Crippen molar-refractivity contribution in [2.75, 3.05) is 19.5 Å². The first kappa shape index (κ1) is 19.5. The molecule has 1 N–H and O–H groups in total. The van der Waals surface area contributed by atoms with Crippen molar-refractivity contribution >= 4 is 17.3 Å². The molecule has 1 aromatic rings. The number of fused-ring (bicyclic) bond motifs is 1. The maximum absolute atomic E-state index is 12.0. The van der Waals surface area contributed by atoms with E-state index in [1.165, 1.54) is 11.1 Å². The zero-order valence-corrected chi connectivity index (χ0v) is 16.7. The Morgan fingerprint density at radius 3 is 2.73 bits per heavy atom. The standard InChI is InChI=1S/C19H28N2O4S/c1-19(2,3)25-18(22)20-15-8-16(12-24-11-15)21-9-13-5-6-17(26(4)23)7-14(13)10-21/h5-7,15-16H,8-12H2,1-4H3,(H,20,22). The van der Waals surface area contributed by atoms with Gasteiger partial charge in [-0.3, -0.25) is 4.90 Å². The molecule has 0 saturated carbocycles. The van der Waals surface area contributed by atoms with Crippen LogP contribution in [0.2, 0.25) is 0 Å². The molecule has 2 heterocycles. The minimum atomic E-state index is -0.963. The number of amides is 1. The van der Waals surface area contributed by atoms with E-state index in [-0.39, 0.29) is 12.1 Å². The molecule has 3 atom stereocenters. The molecule has 1 saturated heterocycles. The maximum atomic E-state index is 12.0. The highest BCUT2D eigenvalue weighted by Gasteiger charge is 2.32. The van der Waals surface area contributed by atoms with Gasteiger partial charge >= 0.3 is 6.09 Å². The average molecular weight is 381 g/mol. The largest absolute Gasteiger partial charge is 0.612 e. The van der Waals surface area contributed by atoms with Crippen LogP contribution in [0.25, 0.3) is 0 Å². The molecule has 6 nitrogen and oxygen atoms in total. The third kappa shape index (κ3) is 4.91. The van der Waals surface area contributed by atoms with Crippen LogP contribution in [0.15, 0.2) is 23.1 Å². The van der Waals surface area contributed by atoms with Gasteiger partial charge in [0.15, 0.2) is 4.90 Å². The number of carbonyl (C=O) groups is 1. The highest BCUT2D eigenvalue weighted by Crippen LogP contribution is 2.29. The minimum absolute atomic E-state index is 0.0500. The fourth-order valence-electron chi connectivity index (χ4n) is 3.47. The summed E-state index contributed by atoms with van der Waals surface area (Å²) < 4.78 is 22.8. The van der Waals surface area contributed by atoms with Crippen molar-refractivity contribution < 1.29 is 18.8 Å². The number of hydrogen-bond acceptors (Lipinski definition) is 5. The highest BCUT2D eigenvalue weighted by molar-refractivity contribution is 7.90. The van der Waals surface area contributed by atoms with Crippen LogP contribution in [0, 0.1) is 0 Å². The lowest BCUT2D eigenvalue weighted by Crippen LogP contribution is -2.50. The second-order valence-corrected chi connectivity index (χ2v) is 9.44. The van der Waals surface area contributed by atoms with Gasteiger partial charge in [-0.25, -0.2) is 4.79 Å². The Labute approximate surface area is 158 Å². The van der Waals surface area contributed by atoms with E-state index in [4.69, 9.17) is 9.47 Å². The van der Waals surface area contributed by atoms with Gasteiger partial charge in [-0.1, -0.05) is 6.07 Å². The van der Waals surface area contributed by atoms with Crippen LogP contribution in [0.4, 0.5) is 4.79 Å². The Morgan fingerprint density at radius 2 is 2.04 bits per heavy atom. The number of carbonyl (C=O) groups excluding carboxylic acids is 1. The van der Waals surface area contributed by atoms with Crippen molar-refractivity contribution in [1.82, 2.24) is 10.2 Å². The fraction of sp³-hybridized carbons (Fsp3) is 0.632. The molecular formula is C19H28N2O4S. The SMILES string of the molecule is C[S+]([O-])c1ccc2c(c1)CN(C1COCC(NC(=O)OC(C)(C)C)C1)C2. The molecule has 2 aliphatic heterocycles. The second-order valence-electron chi connectivity index (χ2n) is 8.06. The fourth-order valence-corrected chi connectivity index (χ4v) is 4.04. The maximum Gasteiger partial charge on any atom is 0.407 e. The zero-order chi connectivity index (χ0) is 18.9. The second kappa shape index (κ2) is 7.76. The van der Waals surface area contributed by atoms with Crippen LogP contribution in [-0.4, -0.2) is 52.7 Å². The first-order chi connectivity index (χ1) is 12.2. The monoisotopic (exact) mass is 380 g/mol. The van der Waals surface area contributed by atoms with E-state index in [0.29, 0.717) is 13.2 Å². The molecule has 26 heavy (non-hydrogen) atoms. The molecule has 7 heteroatoms. The number of hydrogen-bond donors (Lipinski definition) is 1. The Morgan fingerprint density at radius 1 is 1.31 bits per heavy atom. The Bertz CT molecular complexity index is 659. The van der Waals surface area contributed by atoms with E-state index in [9.17, 15) is 9.35 Å². The van der Waals surface area contributed by atoms with Crippen LogP contribution in [0.1, 0.15) is 38.3 Å². The first-order valence-corrected chi connectivity index (χ1v) is 10.5. The third-order valence-corrected chi connectivity index (χ3v) is 5.60. The lowest BCUT2D eigenvalue weighted by molar-refractivity contribution is -0.00782. The van der Waals surface area contributed by atoms with E-state index >= 15 is 0 Å². The number of rotatable bonds is 3. The molecule has 0 bridgehead atoms. The van der Waals surface area contributed by atoms with Gasteiger partial charge in [0.05, 0.1) is 19.3 Å². The molecule has 0 aromatic heterocycles. The molecule has 2 aliphatic rings. The van der Waals surface area contributed by atoms with Gasteiger partial charge in [0.1, 0.15) is 11.9 Å². The van der Waals surface area contributed by atoms with Crippen LogP contribution in [0.3, 0.4) is 0 Å². The molecule has 1 aromatic carbocycles. The summed E-state index contributed by atoms with van der Waals surface area (Å²) in [7, 11) is 0. The molecule has 0 radical (unpaired) electrons. The summed E-state index contributed by atoms with van der Waals surface area (Å²) in [4.78, 5) is 15.2. The van der Waals surface area contributed by atoms with Crippen molar-refractivity contribution in [3.8, 4) is 0 Å². The van der Waals surface area contributed by atoms with Gasteiger partial charge in [-0.05, 0) is 61.6 Å². The minimum Gasteiger partial charge on any atom is -0.612 e. The Hall–Kier alpha value is -1.28. The van der Waals surface area contributed by atoms with E-state index in [1.807, 2.05) is 32.9 Å². The topological polar surface area (TPSA) is 73.9 Å². The van der Waals surface area contributed by atoms with Crippen LogP contribution in [-0.2, 0) is 33.7 Å². The molecule has 144 valence electrons. The normalized spacial score (nSPS) is 24.8. The smallest absolute Gasteiger partial charge is 0.407 e. The zero-order valence-electron chi connectivity index (χ0n) is 15.9. The summed E-state index contributed by atoms with van der Waals surface area (Å²) in [6.07, 6.45) is 2.14. The van der Waals surface area contributed by atoms with Gasteiger partial charge in [0.2, 0.25) is 0 Å². The van der Waals surface area contributed by atoms with Crippen molar-refractivity contribution in [1.29, 1.82) is 0 Å². The number of alkyl carbamates (subject to hydrolysis) is 1. The van der Waals surface area contributed by atoms with Gasteiger partial charge in [-0.2, -0.15) is 0 Å². The summed E-state index contributed by atoms with van der Waals surface area (Å²) in [6.45, 7) is 8.42. The van der Waals surface area contributed by atoms with E-state index in [0.717, 1.165) is 24.4 Å². The van der Waals surface area contributed by atoms with Gasteiger partial charge in [-0.15, -0.1) is 0 Å². The van der Waals surface area contributed by atoms with E-state index < -0.39 is 22.9 Å². The van der Waals surface area contributed by atoms with Crippen molar-refractivity contribution in [3.63, 3.8) is 0 Å².